The predicted octanol–water partition coefficient (Wildman–Crippen LogP) is 0.658. The van der Waals surface area contributed by atoms with Crippen molar-refractivity contribution < 1.29 is 14.2 Å². The van der Waals surface area contributed by atoms with Gasteiger partial charge in [0.25, 0.3) is 0 Å². The first-order chi connectivity index (χ1) is 8.19. The van der Waals surface area contributed by atoms with E-state index in [4.69, 9.17) is 10.00 Å². The third-order valence-electron chi connectivity index (χ3n) is 2.94. The topological polar surface area (TPSA) is 65.3 Å². The van der Waals surface area contributed by atoms with E-state index in [0.29, 0.717) is 25.4 Å². The monoisotopic (exact) mass is 236 g/mol. The molecule has 4 nitrogen and oxygen atoms in total. The van der Waals surface area contributed by atoms with Gasteiger partial charge in [0, 0.05) is 19.2 Å². The fraction of sp³-hybridized carbons (Fsp3) is 0.417. The van der Waals surface area contributed by atoms with Crippen LogP contribution in [0.3, 0.4) is 0 Å². The largest absolute Gasteiger partial charge is 0.493 e. The van der Waals surface area contributed by atoms with Crippen LogP contribution in [-0.4, -0.2) is 31.4 Å². The second kappa shape index (κ2) is 4.70. The van der Waals surface area contributed by atoms with Crippen LogP contribution >= 0.6 is 0 Å². The maximum atomic E-state index is 13.3. The minimum Gasteiger partial charge on any atom is -0.493 e. The molecular formula is C12H13FN2O2. The van der Waals surface area contributed by atoms with Crippen LogP contribution in [0.4, 0.5) is 4.39 Å². The molecule has 0 aromatic heterocycles. The first-order valence-electron chi connectivity index (χ1n) is 5.33. The summed E-state index contributed by atoms with van der Waals surface area (Å²) in [6.45, 7) is 1.77. The highest BCUT2D eigenvalue weighted by Crippen LogP contribution is 2.24. The highest BCUT2D eigenvalue weighted by Gasteiger charge is 2.37. The zero-order valence-electron chi connectivity index (χ0n) is 9.24. The number of nitrogens with one attached hydrogen (secondary N) is 1. The van der Waals surface area contributed by atoms with Crippen molar-refractivity contribution in [2.24, 2.45) is 5.41 Å². The molecule has 0 aliphatic carbocycles. The Hall–Kier alpha value is -1.64. The van der Waals surface area contributed by atoms with E-state index in [0.717, 1.165) is 0 Å². The Labute approximate surface area is 98.6 Å². The fourth-order valence-electron chi connectivity index (χ4n) is 1.65. The average Bonchev–Trinajstić information content (AvgIpc) is 2.28. The summed E-state index contributed by atoms with van der Waals surface area (Å²) in [7, 11) is 0. The van der Waals surface area contributed by atoms with Gasteiger partial charge in [-0.05, 0) is 12.1 Å². The third kappa shape index (κ3) is 2.38. The maximum absolute atomic E-state index is 13.3. The SMILES string of the molecule is N#Cc1ccc(OCC2(CO)CNC2)cc1F. The van der Waals surface area contributed by atoms with E-state index in [2.05, 4.69) is 5.32 Å². The molecular weight excluding hydrogens is 223 g/mol. The third-order valence-corrected chi connectivity index (χ3v) is 2.94. The maximum Gasteiger partial charge on any atom is 0.144 e. The highest BCUT2D eigenvalue weighted by molar-refractivity contribution is 5.36. The summed E-state index contributed by atoms with van der Waals surface area (Å²) in [6.07, 6.45) is 0. The van der Waals surface area contributed by atoms with Crippen molar-refractivity contribution in [2.75, 3.05) is 26.3 Å². The summed E-state index contributed by atoms with van der Waals surface area (Å²) in [5.74, 6) is -0.212. The Balaban J connectivity index is 2.00. The lowest BCUT2D eigenvalue weighted by Crippen LogP contribution is -2.58. The van der Waals surface area contributed by atoms with Gasteiger partial charge in [-0.1, -0.05) is 0 Å². The zero-order chi connectivity index (χ0) is 12.3. The van der Waals surface area contributed by atoms with Gasteiger partial charge in [0.2, 0.25) is 0 Å². The van der Waals surface area contributed by atoms with Gasteiger partial charge in [0.15, 0.2) is 0 Å². The summed E-state index contributed by atoms with van der Waals surface area (Å²) >= 11 is 0. The van der Waals surface area contributed by atoms with E-state index < -0.39 is 5.82 Å². The lowest BCUT2D eigenvalue weighted by Gasteiger charge is -2.40. The van der Waals surface area contributed by atoms with E-state index >= 15 is 0 Å². The summed E-state index contributed by atoms with van der Waals surface area (Å²) < 4.78 is 18.7. The fourth-order valence-corrected chi connectivity index (χ4v) is 1.65. The molecule has 5 heteroatoms. The molecule has 1 saturated heterocycles. The van der Waals surface area contributed by atoms with Gasteiger partial charge >= 0.3 is 0 Å². The Bertz CT molecular complexity index is 447. The number of hydrogen-bond donors (Lipinski definition) is 2. The van der Waals surface area contributed by atoms with Crippen LogP contribution in [0.15, 0.2) is 18.2 Å². The van der Waals surface area contributed by atoms with E-state index in [1.165, 1.54) is 12.1 Å². The van der Waals surface area contributed by atoms with Crippen molar-refractivity contribution in [3.63, 3.8) is 0 Å². The van der Waals surface area contributed by atoms with E-state index in [1.54, 1.807) is 12.1 Å². The van der Waals surface area contributed by atoms with Gasteiger partial charge in [-0.3, -0.25) is 0 Å². The van der Waals surface area contributed by atoms with Crippen LogP contribution in [0.1, 0.15) is 5.56 Å². The molecule has 0 radical (unpaired) electrons. The number of benzene rings is 1. The Morgan fingerprint density at radius 2 is 2.29 bits per heavy atom. The molecule has 2 rings (SSSR count). The molecule has 0 spiro atoms. The van der Waals surface area contributed by atoms with Crippen molar-refractivity contribution in [2.45, 2.75) is 0 Å². The van der Waals surface area contributed by atoms with Crippen molar-refractivity contribution in [1.82, 2.24) is 5.32 Å². The minimum atomic E-state index is -0.588. The number of aliphatic hydroxyl groups excluding tert-OH is 1. The number of ether oxygens (including phenoxy) is 1. The van der Waals surface area contributed by atoms with E-state index in [1.807, 2.05) is 0 Å². The van der Waals surface area contributed by atoms with Crippen LogP contribution in [0, 0.1) is 22.6 Å². The summed E-state index contributed by atoms with van der Waals surface area (Å²) in [5.41, 5.74) is -0.260. The van der Waals surface area contributed by atoms with E-state index in [9.17, 15) is 9.50 Å². The molecule has 90 valence electrons. The second-order valence-corrected chi connectivity index (χ2v) is 4.30. The van der Waals surface area contributed by atoms with Crippen LogP contribution in [0.5, 0.6) is 5.75 Å². The van der Waals surface area contributed by atoms with Crippen molar-refractivity contribution in [3.8, 4) is 11.8 Å². The molecule has 1 aromatic rings. The Morgan fingerprint density at radius 3 is 2.76 bits per heavy atom. The van der Waals surface area contributed by atoms with Crippen LogP contribution in [0.2, 0.25) is 0 Å². The number of nitriles is 1. The van der Waals surface area contributed by atoms with Gasteiger partial charge in [-0.25, -0.2) is 4.39 Å². The zero-order valence-corrected chi connectivity index (χ0v) is 9.24. The number of hydrogen-bond acceptors (Lipinski definition) is 4. The number of halogens is 1. The molecule has 17 heavy (non-hydrogen) atoms. The first-order valence-corrected chi connectivity index (χ1v) is 5.33. The lowest BCUT2D eigenvalue weighted by atomic mass is 9.84. The normalized spacial score (nSPS) is 17.0. The smallest absolute Gasteiger partial charge is 0.144 e. The quantitative estimate of drug-likeness (QED) is 0.806. The molecule has 1 aromatic carbocycles. The van der Waals surface area contributed by atoms with Crippen molar-refractivity contribution in [1.29, 1.82) is 5.26 Å². The van der Waals surface area contributed by atoms with Crippen LogP contribution in [-0.2, 0) is 0 Å². The van der Waals surface area contributed by atoms with Gasteiger partial charge in [-0.15, -0.1) is 0 Å². The molecule has 0 unspecified atom stereocenters. The minimum absolute atomic E-state index is 0.000433. The van der Waals surface area contributed by atoms with Gasteiger partial charge in [-0.2, -0.15) is 5.26 Å². The van der Waals surface area contributed by atoms with Crippen LogP contribution in [0.25, 0.3) is 0 Å². The molecule has 0 saturated carbocycles. The highest BCUT2D eigenvalue weighted by atomic mass is 19.1. The molecule has 1 heterocycles. The lowest BCUT2D eigenvalue weighted by molar-refractivity contribution is 0.0211. The predicted molar refractivity (Wildman–Crippen MR) is 59.0 cm³/mol. The molecule has 0 atom stereocenters. The second-order valence-electron chi connectivity index (χ2n) is 4.30. The number of nitrogens with zero attached hydrogens (tertiary/aromatic N) is 1. The summed E-state index contributed by atoms with van der Waals surface area (Å²) in [5, 5.41) is 20.9. The van der Waals surface area contributed by atoms with Crippen molar-refractivity contribution in [3.05, 3.63) is 29.6 Å². The van der Waals surface area contributed by atoms with Crippen molar-refractivity contribution >= 4 is 0 Å². The molecule has 0 bridgehead atoms. The molecule has 1 aliphatic heterocycles. The first kappa shape index (κ1) is 11.8. The molecule has 1 fully saturated rings. The Kier molecular flexibility index (Phi) is 3.27. The van der Waals surface area contributed by atoms with Gasteiger partial charge in [0.1, 0.15) is 17.6 Å². The molecule has 0 amide bonds. The van der Waals surface area contributed by atoms with Gasteiger partial charge < -0.3 is 15.2 Å². The van der Waals surface area contributed by atoms with Gasteiger partial charge in [0.05, 0.1) is 24.2 Å². The van der Waals surface area contributed by atoms with E-state index in [-0.39, 0.29) is 17.6 Å². The summed E-state index contributed by atoms with van der Waals surface area (Å²) in [6, 6.07) is 5.88. The Morgan fingerprint density at radius 1 is 1.53 bits per heavy atom. The standard InChI is InChI=1S/C12H13FN2O2/c13-11-3-10(2-1-9(11)4-14)17-8-12(7-16)5-15-6-12/h1-3,15-16H,5-8H2. The summed E-state index contributed by atoms with van der Waals surface area (Å²) in [4.78, 5) is 0. The molecule has 1 aliphatic rings. The average molecular weight is 236 g/mol. The van der Waals surface area contributed by atoms with Crippen LogP contribution < -0.4 is 10.1 Å². The molecule has 2 N–H and O–H groups in total. The number of aliphatic hydroxyl groups is 1. The number of rotatable bonds is 4.